The van der Waals surface area contributed by atoms with Crippen LogP contribution < -0.4 is 10.0 Å². The molecule has 7 nitrogen and oxygen atoms in total. The topological polar surface area (TPSA) is 113 Å². The molecule has 0 aliphatic rings. The van der Waals surface area contributed by atoms with E-state index >= 15 is 0 Å². The molecular weight excluding hydrogens is 364 g/mol. The van der Waals surface area contributed by atoms with Crippen molar-refractivity contribution in [1.82, 2.24) is 10.0 Å². The Kier molecular flexibility index (Phi) is 6.31. The van der Waals surface area contributed by atoms with Crippen molar-refractivity contribution in [3.63, 3.8) is 0 Å². The quantitative estimate of drug-likeness (QED) is 0.653. The smallest absolute Gasteiger partial charge is 0.335 e. The van der Waals surface area contributed by atoms with Crippen LogP contribution >= 0.6 is 15.9 Å². The standard InChI is InChI=1S/C12H15BrN2O5S/c1-2-14-11(16)5-6-15-21(19,20)10-4-3-8(12(17)18)7-9(10)13/h3-4,7,15H,2,5-6H2,1H3,(H,14,16)(H,17,18). The summed E-state index contributed by atoms with van der Waals surface area (Å²) in [4.78, 5) is 21.9. The van der Waals surface area contributed by atoms with E-state index in [1.54, 1.807) is 6.92 Å². The molecular formula is C12H15BrN2O5S. The molecule has 0 saturated heterocycles. The summed E-state index contributed by atoms with van der Waals surface area (Å²) < 4.78 is 26.5. The van der Waals surface area contributed by atoms with Gasteiger partial charge in [0.15, 0.2) is 0 Å². The molecule has 0 aromatic heterocycles. The van der Waals surface area contributed by atoms with Crippen molar-refractivity contribution in [2.24, 2.45) is 0 Å². The molecule has 1 aromatic rings. The third kappa shape index (κ3) is 5.10. The maximum atomic E-state index is 12.1. The van der Waals surface area contributed by atoms with E-state index in [0.29, 0.717) is 6.54 Å². The van der Waals surface area contributed by atoms with Gasteiger partial charge in [-0.15, -0.1) is 0 Å². The first-order valence-electron chi connectivity index (χ1n) is 6.07. The van der Waals surface area contributed by atoms with Crippen LogP contribution in [0, 0.1) is 0 Å². The molecule has 3 N–H and O–H groups in total. The van der Waals surface area contributed by atoms with Gasteiger partial charge < -0.3 is 10.4 Å². The molecule has 0 fully saturated rings. The van der Waals surface area contributed by atoms with Crippen molar-refractivity contribution in [3.8, 4) is 0 Å². The van der Waals surface area contributed by atoms with Crippen molar-refractivity contribution in [3.05, 3.63) is 28.2 Å². The molecule has 9 heteroatoms. The van der Waals surface area contributed by atoms with Gasteiger partial charge in [0.1, 0.15) is 0 Å². The van der Waals surface area contributed by atoms with E-state index in [0.717, 1.165) is 0 Å². The van der Waals surface area contributed by atoms with Crippen LogP contribution in [0.1, 0.15) is 23.7 Å². The van der Waals surface area contributed by atoms with Gasteiger partial charge in [0.2, 0.25) is 15.9 Å². The second-order valence-corrected chi connectivity index (χ2v) is 6.64. The van der Waals surface area contributed by atoms with Crippen molar-refractivity contribution in [2.45, 2.75) is 18.2 Å². The minimum absolute atomic E-state index is 0.0249. The fraction of sp³-hybridized carbons (Fsp3) is 0.333. The zero-order valence-corrected chi connectivity index (χ0v) is 13.6. The summed E-state index contributed by atoms with van der Waals surface area (Å²) in [5.74, 6) is -1.40. The van der Waals surface area contributed by atoms with E-state index in [-0.39, 0.29) is 33.8 Å². The van der Waals surface area contributed by atoms with Crippen LogP contribution in [0.25, 0.3) is 0 Å². The van der Waals surface area contributed by atoms with Crippen LogP contribution in [0.4, 0.5) is 0 Å². The largest absolute Gasteiger partial charge is 0.478 e. The van der Waals surface area contributed by atoms with E-state index in [1.807, 2.05) is 0 Å². The third-order valence-corrected chi connectivity index (χ3v) is 4.92. The molecule has 116 valence electrons. The second kappa shape index (κ2) is 7.53. The van der Waals surface area contributed by atoms with Gasteiger partial charge in [-0.25, -0.2) is 17.9 Å². The number of carboxylic acids is 1. The first-order chi connectivity index (χ1) is 9.77. The molecule has 0 unspecified atom stereocenters. The van der Waals surface area contributed by atoms with Crippen molar-refractivity contribution in [1.29, 1.82) is 0 Å². The Morgan fingerprint density at radius 3 is 2.52 bits per heavy atom. The Labute approximate surface area is 130 Å². The molecule has 0 heterocycles. The minimum atomic E-state index is -3.81. The number of nitrogens with one attached hydrogen (secondary N) is 2. The molecule has 0 saturated carbocycles. The van der Waals surface area contributed by atoms with Gasteiger partial charge in [0.25, 0.3) is 0 Å². The van der Waals surface area contributed by atoms with E-state index in [2.05, 4.69) is 26.0 Å². The molecule has 1 rings (SSSR count). The normalized spacial score (nSPS) is 11.1. The van der Waals surface area contributed by atoms with Crippen LogP contribution in [-0.4, -0.2) is 38.5 Å². The number of carboxylic acid groups (broad SMARTS) is 1. The molecule has 0 spiro atoms. The van der Waals surface area contributed by atoms with Gasteiger partial charge >= 0.3 is 5.97 Å². The highest BCUT2D eigenvalue weighted by Gasteiger charge is 2.19. The number of carbonyl (C=O) groups is 2. The minimum Gasteiger partial charge on any atom is -0.478 e. The summed E-state index contributed by atoms with van der Waals surface area (Å²) >= 11 is 3.04. The summed E-state index contributed by atoms with van der Waals surface area (Å²) in [5, 5.41) is 11.4. The number of sulfonamides is 1. The Balaban J connectivity index is 2.79. The molecule has 0 aliphatic heterocycles. The van der Waals surface area contributed by atoms with Gasteiger partial charge in [0.05, 0.1) is 10.5 Å². The SMILES string of the molecule is CCNC(=O)CCNS(=O)(=O)c1ccc(C(=O)O)cc1Br. The molecule has 0 atom stereocenters. The van der Waals surface area contributed by atoms with Gasteiger partial charge in [-0.2, -0.15) is 0 Å². The molecule has 0 aliphatic carbocycles. The lowest BCUT2D eigenvalue weighted by atomic mass is 10.2. The second-order valence-electron chi connectivity index (χ2n) is 4.05. The van der Waals surface area contributed by atoms with Gasteiger partial charge in [-0.1, -0.05) is 0 Å². The number of rotatable bonds is 7. The summed E-state index contributed by atoms with van der Waals surface area (Å²) in [6, 6.07) is 3.61. The van der Waals surface area contributed by atoms with E-state index in [4.69, 9.17) is 5.11 Å². The van der Waals surface area contributed by atoms with E-state index in [1.165, 1.54) is 18.2 Å². The number of benzene rings is 1. The Morgan fingerprint density at radius 1 is 1.33 bits per heavy atom. The summed E-state index contributed by atoms with van der Waals surface area (Å²) in [7, 11) is -3.81. The molecule has 0 bridgehead atoms. The number of amides is 1. The van der Waals surface area contributed by atoms with E-state index in [9.17, 15) is 18.0 Å². The Morgan fingerprint density at radius 2 is 2.00 bits per heavy atom. The van der Waals surface area contributed by atoms with Crippen LogP contribution in [0.5, 0.6) is 0 Å². The molecule has 21 heavy (non-hydrogen) atoms. The van der Waals surface area contributed by atoms with Crippen molar-refractivity contribution >= 4 is 37.8 Å². The highest BCUT2D eigenvalue weighted by atomic mass is 79.9. The first kappa shape index (κ1) is 17.6. The Hall–Kier alpha value is -1.45. The van der Waals surface area contributed by atoms with Gasteiger partial charge in [-0.3, -0.25) is 4.79 Å². The molecule has 0 radical (unpaired) electrons. The lowest BCUT2D eigenvalue weighted by Crippen LogP contribution is -2.30. The molecule has 1 aromatic carbocycles. The predicted octanol–water partition coefficient (Wildman–Crippen LogP) is 0.952. The highest BCUT2D eigenvalue weighted by Crippen LogP contribution is 2.23. The highest BCUT2D eigenvalue weighted by molar-refractivity contribution is 9.10. The third-order valence-electron chi connectivity index (χ3n) is 2.49. The lowest BCUT2D eigenvalue weighted by molar-refractivity contribution is -0.120. The van der Waals surface area contributed by atoms with Gasteiger partial charge in [-0.05, 0) is 41.1 Å². The van der Waals surface area contributed by atoms with Crippen molar-refractivity contribution in [2.75, 3.05) is 13.1 Å². The lowest BCUT2D eigenvalue weighted by Gasteiger charge is -2.09. The zero-order chi connectivity index (χ0) is 16.0. The van der Waals surface area contributed by atoms with E-state index < -0.39 is 16.0 Å². The summed E-state index contributed by atoms with van der Waals surface area (Å²) in [6.07, 6.45) is 0.0257. The average molecular weight is 379 g/mol. The fourth-order valence-electron chi connectivity index (χ4n) is 1.51. The van der Waals surface area contributed by atoms with Crippen LogP contribution in [0.2, 0.25) is 0 Å². The monoisotopic (exact) mass is 378 g/mol. The summed E-state index contributed by atoms with van der Waals surface area (Å²) in [5.41, 5.74) is -0.0249. The maximum Gasteiger partial charge on any atom is 0.335 e. The zero-order valence-electron chi connectivity index (χ0n) is 11.2. The van der Waals surface area contributed by atoms with Crippen LogP contribution in [0.15, 0.2) is 27.6 Å². The van der Waals surface area contributed by atoms with Crippen LogP contribution in [0.3, 0.4) is 0 Å². The maximum absolute atomic E-state index is 12.1. The first-order valence-corrected chi connectivity index (χ1v) is 8.34. The number of carbonyl (C=O) groups excluding carboxylic acids is 1. The average Bonchev–Trinajstić information content (AvgIpc) is 2.38. The predicted molar refractivity (Wildman–Crippen MR) is 79.6 cm³/mol. The fourth-order valence-corrected chi connectivity index (χ4v) is 3.62. The van der Waals surface area contributed by atoms with Crippen LogP contribution in [-0.2, 0) is 14.8 Å². The van der Waals surface area contributed by atoms with Crippen molar-refractivity contribution < 1.29 is 23.1 Å². The number of hydrogen-bond acceptors (Lipinski definition) is 4. The number of halogens is 1. The Bertz CT molecular complexity index is 645. The van der Waals surface area contributed by atoms with Gasteiger partial charge in [0, 0.05) is 24.0 Å². The number of hydrogen-bond donors (Lipinski definition) is 3. The molecule has 1 amide bonds. The number of aromatic carboxylic acids is 1. The summed E-state index contributed by atoms with van der Waals surface area (Å²) in [6.45, 7) is 2.21.